The Morgan fingerprint density at radius 2 is 2.00 bits per heavy atom. The Bertz CT molecular complexity index is 779. The summed E-state index contributed by atoms with van der Waals surface area (Å²) >= 11 is 0. The largest absolute Gasteiger partial charge is 0.361 e. The van der Waals surface area contributed by atoms with Crippen molar-refractivity contribution in [2.45, 2.75) is 6.42 Å². The van der Waals surface area contributed by atoms with E-state index in [9.17, 15) is 9.18 Å². The maximum absolute atomic E-state index is 13.1. The highest BCUT2D eigenvalue weighted by Crippen LogP contribution is 2.17. The van der Waals surface area contributed by atoms with Gasteiger partial charge in [-0.1, -0.05) is 18.2 Å². The van der Waals surface area contributed by atoms with E-state index < -0.39 is 0 Å². The molecule has 2 N–H and O–H groups in total. The molecule has 3 nitrogen and oxygen atoms in total. The van der Waals surface area contributed by atoms with E-state index in [1.165, 1.54) is 12.1 Å². The maximum Gasteiger partial charge on any atom is 0.251 e. The summed E-state index contributed by atoms with van der Waals surface area (Å²) in [5, 5.41) is 3.78. The van der Waals surface area contributed by atoms with Gasteiger partial charge >= 0.3 is 0 Å². The fraction of sp³-hybridized carbons (Fsp3) is 0.118. The second-order valence-electron chi connectivity index (χ2n) is 4.88. The van der Waals surface area contributed by atoms with Gasteiger partial charge in [-0.3, -0.25) is 4.79 Å². The van der Waals surface area contributed by atoms with Gasteiger partial charge in [0.15, 0.2) is 0 Å². The zero-order valence-corrected chi connectivity index (χ0v) is 11.4. The summed E-state index contributed by atoms with van der Waals surface area (Å²) in [5.74, 6) is -0.368. The number of aromatic amines is 1. The molecule has 0 fully saturated rings. The molecular weight excluding hydrogens is 267 g/mol. The van der Waals surface area contributed by atoms with E-state index in [0.717, 1.165) is 16.5 Å². The van der Waals surface area contributed by atoms with Crippen molar-refractivity contribution in [3.05, 3.63) is 71.7 Å². The van der Waals surface area contributed by atoms with E-state index in [2.05, 4.69) is 10.3 Å². The minimum absolute atomic E-state index is 0.114. The Balaban J connectivity index is 1.65. The number of benzene rings is 2. The highest BCUT2D eigenvalue weighted by molar-refractivity contribution is 6.06. The Kier molecular flexibility index (Phi) is 3.69. The van der Waals surface area contributed by atoms with Crippen molar-refractivity contribution >= 4 is 16.8 Å². The molecule has 1 amide bonds. The lowest BCUT2D eigenvalue weighted by atomic mass is 10.1. The molecule has 106 valence electrons. The molecule has 3 aromatic rings. The first-order valence-electron chi connectivity index (χ1n) is 6.83. The van der Waals surface area contributed by atoms with Crippen LogP contribution >= 0.6 is 0 Å². The fourth-order valence-corrected chi connectivity index (χ4v) is 2.39. The van der Waals surface area contributed by atoms with E-state index in [0.29, 0.717) is 18.5 Å². The third-order valence-electron chi connectivity index (χ3n) is 3.43. The Morgan fingerprint density at radius 3 is 2.86 bits per heavy atom. The van der Waals surface area contributed by atoms with Gasteiger partial charge in [-0.05, 0) is 42.3 Å². The lowest BCUT2D eigenvalue weighted by Gasteiger charge is -2.06. The molecule has 0 saturated carbocycles. The molecule has 1 aromatic heterocycles. The molecule has 0 radical (unpaired) electrons. The van der Waals surface area contributed by atoms with Crippen molar-refractivity contribution in [1.82, 2.24) is 10.3 Å². The van der Waals surface area contributed by atoms with Crippen LogP contribution in [0.2, 0.25) is 0 Å². The Hall–Kier alpha value is -2.62. The lowest BCUT2D eigenvalue weighted by Crippen LogP contribution is -2.25. The highest BCUT2D eigenvalue weighted by Gasteiger charge is 2.09. The van der Waals surface area contributed by atoms with Gasteiger partial charge in [0, 0.05) is 29.2 Å². The molecule has 0 aliphatic carbocycles. The third-order valence-corrected chi connectivity index (χ3v) is 3.43. The van der Waals surface area contributed by atoms with Crippen LogP contribution in [0.3, 0.4) is 0 Å². The number of H-pyrrole nitrogens is 1. The van der Waals surface area contributed by atoms with Gasteiger partial charge in [0.1, 0.15) is 5.82 Å². The van der Waals surface area contributed by atoms with E-state index in [-0.39, 0.29) is 11.7 Å². The summed E-state index contributed by atoms with van der Waals surface area (Å²) in [6, 6.07) is 13.9. The van der Waals surface area contributed by atoms with Crippen LogP contribution in [0, 0.1) is 5.82 Å². The number of carbonyl (C=O) groups is 1. The van der Waals surface area contributed by atoms with Crippen LogP contribution in [0.25, 0.3) is 10.9 Å². The van der Waals surface area contributed by atoms with E-state index >= 15 is 0 Å². The normalized spacial score (nSPS) is 10.7. The molecular formula is C17H15FN2O. The van der Waals surface area contributed by atoms with Gasteiger partial charge in [0.2, 0.25) is 0 Å². The zero-order valence-electron chi connectivity index (χ0n) is 11.4. The lowest BCUT2D eigenvalue weighted by molar-refractivity contribution is 0.0956. The maximum atomic E-state index is 13.1. The summed E-state index contributed by atoms with van der Waals surface area (Å²) in [6.45, 7) is 0.475. The van der Waals surface area contributed by atoms with Crippen molar-refractivity contribution in [1.29, 1.82) is 0 Å². The highest BCUT2D eigenvalue weighted by atomic mass is 19.1. The molecule has 0 spiro atoms. The predicted octanol–water partition coefficient (Wildman–Crippen LogP) is 3.28. The van der Waals surface area contributed by atoms with Crippen molar-refractivity contribution in [3.63, 3.8) is 0 Å². The van der Waals surface area contributed by atoms with Crippen LogP contribution in [0.4, 0.5) is 4.39 Å². The van der Waals surface area contributed by atoms with Crippen LogP contribution in [-0.4, -0.2) is 17.4 Å². The minimum Gasteiger partial charge on any atom is -0.361 e. The van der Waals surface area contributed by atoms with Gasteiger partial charge in [-0.15, -0.1) is 0 Å². The van der Waals surface area contributed by atoms with Crippen LogP contribution in [0.15, 0.2) is 54.7 Å². The smallest absolute Gasteiger partial charge is 0.251 e. The molecule has 0 saturated heterocycles. The third kappa shape index (κ3) is 2.94. The molecule has 0 aliphatic heterocycles. The van der Waals surface area contributed by atoms with Gasteiger partial charge in [-0.2, -0.15) is 0 Å². The first kappa shape index (κ1) is 13.4. The summed E-state index contributed by atoms with van der Waals surface area (Å²) in [6.07, 6.45) is 2.42. The van der Waals surface area contributed by atoms with Crippen LogP contribution in [0.5, 0.6) is 0 Å². The van der Waals surface area contributed by atoms with Crippen LogP contribution < -0.4 is 5.32 Å². The summed E-state index contributed by atoms with van der Waals surface area (Å²) in [4.78, 5) is 15.3. The Morgan fingerprint density at radius 1 is 1.14 bits per heavy atom. The van der Waals surface area contributed by atoms with Gasteiger partial charge in [0.05, 0.1) is 0 Å². The van der Waals surface area contributed by atoms with E-state index in [1.807, 2.05) is 30.5 Å². The summed E-state index contributed by atoms with van der Waals surface area (Å²) in [7, 11) is 0. The molecule has 0 aliphatic rings. The van der Waals surface area contributed by atoms with Gasteiger partial charge in [-0.25, -0.2) is 4.39 Å². The van der Waals surface area contributed by atoms with Crippen molar-refractivity contribution < 1.29 is 9.18 Å². The number of hydrogen-bond donors (Lipinski definition) is 2. The zero-order chi connectivity index (χ0) is 14.7. The SMILES string of the molecule is O=C(NCCc1cccc(F)c1)c1cccc2[nH]ccc12. The molecule has 0 bridgehead atoms. The van der Waals surface area contributed by atoms with Crippen LogP contribution in [-0.2, 0) is 6.42 Å². The molecule has 4 heteroatoms. The van der Waals surface area contributed by atoms with E-state index in [4.69, 9.17) is 0 Å². The molecule has 0 unspecified atom stereocenters. The van der Waals surface area contributed by atoms with Crippen molar-refractivity contribution in [3.8, 4) is 0 Å². The number of halogens is 1. The Labute approximate surface area is 121 Å². The molecule has 1 heterocycles. The second-order valence-corrected chi connectivity index (χ2v) is 4.88. The number of carbonyl (C=O) groups excluding carboxylic acids is 1. The summed E-state index contributed by atoms with van der Waals surface area (Å²) < 4.78 is 13.1. The van der Waals surface area contributed by atoms with E-state index in [1.54, 1.807) is 12.1 Å². The number of fused-ring (bicyclic) bond motifs is 1. The van der Waals surface area contributed by atoms with Gasteiger partial charge in [0.25, 0.3) is 5.91 Å². The number of aromatic nitrogens is 1. The van der Waals surface area contributed by atoms with Gasteiger partial charge < -0.3 is 10.3 Å². The molecule has 0 atom stereocenters. The standard InChI is InChI=1S/C17H15FN2O/c18-13-4-1-3-12(11-13)7-9-20-17(21)15-5-2-6-16-14(15)8-10-19-16/h1-6,8,10-11,19H,7,9H2,(H,20,21). The first-order chi connectivity index (χ1) is 10.2. The quantitative estimate of drug-likeness (QED) is 0.758. The summed E-state index contributed by atoms with van der Waals surface area (Å²) in [5.41, 5.74) is 2.45. The average Bonchev–Trinajstić information content (AvgIpc) is 2.95. The first-order valence-corrected chi connectivity index (χ1v) is 6.83. The number of hydrogen-bond acceptors (Lipinski definition) is 1. The second kappa shape index (κ2) is 5.79. The molecule has 21 heavy (non-hydrogen) atoms. The number of rotatable bonds is 4. The number of amides is 1. The van der Waals surface area contributed by atoms with Crippen molar-refractivity contribution in [2.24, 2.45) is 0 Å². The molecule has 2 aromatic carbocycles. The fourth-order valence-electron chi connectivity index (χ4n) is 2.39. The predicted molar refractivity (Wildman–Crippen MR) is 80.7 cm³/mol. The monoisotopic (exact) mass is 282 g/mol. The minimum atomic E-state index is -0.254. The number of nitrogens with one attached hydrogen (secondary N) is 2. The average molecular weight is 282 g/mol. The molecule has 3 rings (SSSR count). The topological polar surface area (TPSA) is 44.9 Å². The van der Waals surface area contributed by atoms with Crippen molar-refractivity contribution in [2.75, 3.05) is 6.54 Å². The van der Waals surface area contributed by atoms with Crippen LogP contribution in [0.1, 0.15) is 15.9 Å².